The lowest BCUT2D eigenvalue weighted by atomic mass is 10.0. The number of rotatable bonds is 5. The molecule has 0 aliphatic carbocycles. The summed E-state index contributed by atoms with van der Waals surface area (Å²) in [4.78, 5) is 2.39. The Hall–Kier alpha value is -0.960. The highest BCUT2D eigenvalue weighted by atomic mass is 35.5. The summed E-state index contributed by atoms with van der Waals surface area (Å²) in [6.07, 6.45) is 0.812. The zero-order valence-electron chi connectivity index (χ0n) is 12.8. The van der Waals surface area contributed by atoms with Crippen molar-refractivity contribution in [1.29, 1.82) is 0 Å². The van der Waals surface area contributed by atoms with Gasteiger partial charge in [-0.15, -0.1) is 0 Å². The van der Waals surface area contributed by atoms with Crippen LogP contribution in [0.1, 0.15) is 37.8 Å². The molecule has 0 saturated heterocycles. The SMILES string of the molecule is CC(N)Cc1ccc(Sc2ccc(C(C)C)cc2)cc1Cl. The molecule has 2 aromatic carbocycles. The van der Waals surface area contributed by atoms with Crippen LogP contribution in [0.5, 0.6) is 0 Å². The molecule has 0 fully saturated rings. The van der Waals surface area contributed by atoms with Gasteiger partial charge >= 0.3 is 0 Å². The maximum atomic E-state index is 6.34. The Bertz CT molecular complexity index is 591. The molecular weight excluding hydrogens is 298 g/mol. The van der Waals surface area contributed by atoms with Gasteiger partial charge in [-0.05, 0) is 54.7 Å². The second-order valence-electron chi connectivity index (χ2n) is 5.76. The minimum atomic E-state index is 0.129. The van der Waals surface area contributed by atoms with E-state index in [0.717, 1.165) is 21.9 Å². The molecular formula is C18H22ClNS. The fraction of sp³-hybridized carbons (Fsp3) is 0.333. The maximum Gasteiger partial charge on any atom is 0.0449 e. The number of nitrogens with two attached hydrogens (primary N) is 1. The molecule has 2 rings (SSSR count). The second-order valence-corrected chi connectivity index (χ2v) is 7.31. The van der Waals surface area contributed by atoms with Gasteiger partial charge in [0.05, 0.1) is 0 Å². The van der Waals surface area contributed by atoms with E-state index in [1.54, 1.807) is 11.8 Å². The third kappa shape index (κ3) is 4.77. The van der Waals surface area contributed by atoms with E-state index >= 15 is 0 Å². The molecule has 2 N–H and O–H groups in total. The second kappa shape index (κ2) is 7.35. The molecule has 0 aromatic heterocycles. The number of halogens is 1. The lowest BCUT2D eigenvalue weighted by Gasteiger charge is -2.10. The molecule has 0 aliphatic heterocycles. The van der Waals surface area contributed by atoms with Crippen molar-refractivity contribution >= 4 is 23.4 Å². The standard InChI is InChI=1S/C18H22ClNS/c1-12(2)14-4-7-16(8-5-14)21-17-9-6-15(10-13(3)20)18(19)11-17/h4-9,11-13H,10,20H2,1-3H3. The predicted octanol–water partition coefficient (Wildman–Crippen LogP) is 5.50. The van der Waals surface area contributed by atoms with Crippen LogP contribution in [0.4, 0.5) is 0 Å². The monoisotopic (exact) mass is 319 g/mol. The smallest absolute Gasteiger partial charge is 0.0449 e. The third-order valence-electron chi connectivity index (χ3n) is 3.35. The van der Waals surface area contributed by atoms with Crippen molar-refractivity contribution < 1.29 is 0 Å². The molecule has 0 saturated carbocycles. The molecule has 0 heterocycles. The van der Waals surface area contributed by atoms with Gasteiger partial charge in [0.1, 0.15) is 0 Å². The Morgan fingerprint density at radius 3 is 2.14 bits per heavy atom. The molecule has 1 unspecified atom stereocenters. The van der Waals surface area contributed by atoms with E-state index in [1.807, 2.05) is 13.0 Å². The van der Waals surface area contributed by atoms with Crippen LogP contribution in [-0.2, 0) is 6.42 Å². The van der Waals surface area contributed by atoms with Crippen LogP contribution < -0.4 is 5.73 Å². The molecule has 0 aliphatic rings. The number of hydrogen-bond donors (Lipinski definition) is 1. The Labute approximate surface area is 136 Å². The highest BCUT2D eigenvalue weighted by Crippen LogP contribution is 2.32. The van der Waals surface area contributed by atoms with E-state index in [2.05, 4.69) is 50.2 Å². The van der Waals surface area contributed by atoms with E-state index in [0.29, 0.717) is 5.92 Å². The van der Waals surface area contributed by atoms with E-state index < -0.39 is 0 Å². The van der Waals surface area contributed by atoms with Crippen LogP contribution in [0, 0.1) is 0 Å². The average Bonchev–Trinajstić information content (AvgIpc) is 2.42. The summed E-state index contributed by atoms with van der Waals surface area (Å²) in [5.74, 6) is 0.566. The van der Waals surface area contributed by atoms with Crippen molar-refractivity contribution in [1.82, 2.24) is 0 Å². The molecule has 21 heavy (non-hydrogen) atoms. The van der Waals surface area contributed by atoms with Crippen molar-refractivity contribution in [3.63, 3.8) is 0 Å². The van der Waals surface area contributed by atoms with Crippen molar-refractivity contribution in [3.8, 4) is 0 Å². The normalized spacial score (nSPS) is 12.7. The molecule has 0 spiro atoms. The summed E-state index contributed by atoms with van der Waals surface area (Å²) in [6, 6.07) is 15.1. The number of hydrogen-bond acceptors (Lipinski definition) is 2. The van der Waals surface area contributed by atoms with Gasteiger partial charge in [-0.1, -0.05) is 55.4 Å². The maximum absolute atomic E-state index is 6.34. The van der Waals surface area contributed by atoms with Crippen LogP contribution >= 0.6 is 23.4 Å². The quantitative estimate of drug-likeness (QED) is 0.787. The lowest BCUT2D eigenvalue weighted by Crippen LogP contribution is -2.17. The van der Waals surface area contributed by atoms with Crippen LogP contribution in [-0.4, -0.2) is 6.04 Å². The van der Waals surface area contributed by atoms with Crippen molar-refractivity contribution in [2.24, 2.45) is 5.73 Å². The first kappa shape index (κ1) is 16.4. The fourth-order valence-corrected chi connectivity index (χ4v) is 3.34. The first-order valence-electron chi connectivity index (χ1n) is 7.27. The molecule has 112 valence electrons. The first-order valence-corrected chi connectivity index (χ1v) is 8.47. The van der Waals surface area contributed by atoms with Gasteiger partial charge in [-0.3, -0.25) is 0 Å². The van der Waals surface area contributed by atoms with Gasteiger partial charge in [0.25, 0.3) is 0 Å². The van der Waals surface area contributed by atoms with Gasteiger partial charge in [0, 0.05) is 20.9 Å². The zero-order chi connectivity index (χ0) is 15.4. The molecule has 1 nitrogen and oxygen atoms in total. The largest absolute Gasteiger partial charge is 0.328 e. The predicted molar refractivity (Wildman–Crippen MR) is 93.5 cm³/mol. The molecule has 1 atom stereocenters. The third-order valence-corrected chi connectivity index (χ3v) is 4.70. The summed E-state index contributed by atoms with van der Waals surface area (Å²) < 4.78 is 0. The first-order chi connectivity index (χ1) is 9.95. The fourth-order valence-electron chi connectivity index (χ4n) is 2.16. The Balaban J connectivity index is 2.11. The summed E-state index contributed by atoms with van der Waals surface area (Å²) in [5.41, 5.74) is 8.31. The van der Waals surface area contributed by atoms with E-state index in [4.69, 9.17) is 17.3 Å². The minimum absolute atomic E-state index is 0.129. The summed E-state index contributed by atoms with van der Waals surface area (Å²) in [7, 11) is 0. The highest BCUT2D eigenvalue weighted by molar-refractivity contribution is 7.99. The molecule has 0 radical (unpaired) electrons. The van der Waals surface area contributed by atoms with Crippen LogP contribution in [0.2, 0.25) is 5.02 Å². The van der Waals surface area contributed by atoms with Gasteiger partial charge in [0.2, 0.25) is 0 Å². The van der Waals surface area contributed by atoms with Crippen LogP contribution in [0.15, 0.2) is 52.3 Å². The summed E-state index contributed by atoms with van der Waals surface area (Å²) in [5, 5.41) is 0.802. The topological polar surface area (TPSA) is 26.0 Å². The Morgan fingerprint density at radius 2 is 1.62 bits per heavy atom. The van der Waals surface area contributed by atoms with Gasteiger partial charge in [-0.2, -0.15) is 0 Å². The van der Waals surface area contributed by atoms with Crippen molar-refractivity contribution in [2.45, 2.75) is 48.9 Å². The van der Waals surface area contributed by atoms with Crippen LogP contribution in [0.3, 0.4) is 0 Å². The molecule has 0 bridgehead atoms. The molecule has 2 aromatic rings. The Kier molecular flexibility index (Phi) is 5.74. The van der Waals surface area contributed by atoms with E-state index in [-0.39, 0.29) is 6.04 Å². The van der Waals surface area contributed by atoms with Gasteiger partial charge < -0.3 is 5.73 Å². The van der Waals surface area contributed by atoms with Crippen molar-refractivity contribution in [3.05, 3.63) is 58.6 Å². The summed E-state index contributed by atoms with van der Waals surface area (Å²) >= 11 is 8.07. The minimum Gasteiger partial charge on any atom is -0.328 e. The molecule has 0 amide bonds. The summed E-state index contributed by atoms with van der Waals surface area (Å²) in [6.45, 7) is 6.41. The van der Waals surface area contributed by atoms with Gasteiger partial charge in [0.15, 0.2) is 0 Å². The van der Waals surface area contributed by atoms with Crippen molar-refractivity contribution in [2.75, 3.05) is 0 Å². The number of benzene rings is 2. The zero-order valence-corrected chi connectivity index (χ0v) is 14.3. The Morgan fingerprint density at radius 1 is 1.00 bits per heavy atom. The van der Waals surface area contributed by atoms with E-state index in [1.165, 1.54) is 10.5 Å². The lowest BCUT2D eigenvalue weighted by molar-refractivity contribution is 0.738. The average molecular weight is 320 g/mol. The van der Waals surface area contributed by atoms with Crippen LogP contribution in [0.25, 0.3) is 0 Å². The van der Waals surface area contributed by atoms with E-state index in [9.17, 15) is 0 Å². The van der Waals surface area contributed by atoms with Gasteiger partial charge in [-0.25, -0.2) is 0 Å². The highest BCUT2D eigenvalue weighted by Gasteiger charge is 2.06. The molecule has 3 heteroatoms.